The molecule has 0 saturated carbocycles. The van der Waals surface area contributed by atoms with E-state index in [0.717, 1.165) is 23.8 Å². The van der Waals surface area contributed by atoms with Crippen molar-refractivity contribution in [2.75, 3.05) is 11.9 Å². The second-order valence-corrected chi connectivity index (χ2v) is 2.83. The van der Waals surface area contributed by atoms with Crippen LogP contribution >= 0.6 is 0 Å². The Labute approximate surface area is 76.1 Å². The molecule has 0 unspecified atom stereocenters. The number of aliphatic imine (C=N–C) groups is 1. The molecule has 0 saturated heterocycles. The van der Waals surface area contributed by atoms with Gasteiger partial charge in [-0.2, -0.15) is 0 Å². The summed E-state index contributed by atoms with van der Waals surface area (Å²) < 4.78 is 0. The van der Waals surface area contributed by atoms with E-state index in [1.807, 2.05) is 6.92 Å². The molecular formula is C8H11N5. The van der Waals surface area contributed by atoms with Gasteiger partial charge in [0.1, 0.15) is 17.3 Å². The van der Waals surface area contributed by atoms with E-state index >= 15 is 0 Å². The van der Waals surface area contributed by atoms with Gasteiger partial charge in [-0.3, -0.25) is 0 Å². The van der Waals surface area contributed by atoms with Crippen LogP contribution in [-0.2, 0) is 6.42 Å². The molecule has 1 aliphatic heterocycles. The van der Waals surface area contributed by atoms with E-state index in [1.165, 1.54) is 0 Å². The van der Waals surface area contributed by atoms with Gasteiger partial charge in [0.25, 0.3) is 0 Å². The summed E-state index contributed by atoms with van der Waals surface area (Å²) in [5.74, 6) is 2.17. The lowest BCUT2D eigenvalue weighted by molar-refractivity contribution is 0.935. The zero-order chi connectivity index (χ0) is 9.26. The molecule has 3 N–H and O–H groups in total. The highest BCUT2D eigenvalue weighted by molar-refractivity contribution is 5.91. The van der Waals surface area contributed by atoms with Crippen molar-refractivity contribution in [2.24, 2.45) is 10.7 Å². The SMILES string of the molecule is CCc1ncc2c(n1)NCC(N)=N2. The minimum atomic E-state index is 0.563. The Balaban J connectivity index is 2.43. The summed E-state index contributed by atoms with van der Waals surface area (Å²) in [5.41, 5.74) is 6.28. The fourth-order valence-electron chi connectivity index (χ4n) is 1.16. The Morgan fingerprint density at radius 2 is 2.46 bits per heavy atom. The highest BCUT2D eigenvalue weighted by Crippen LogP contribution is 2.23. The van der Waals surface area contributed by atoms with Gasteiger partial charge in [-0.1, -0.05) is 6.92 Å². The Morgan fingerprint density at radius 3 is 3.23 bits per heavy atom. The van der Waals surface area contributed by atoms with Gasteiger partial charge in [0.2, 0.25) is 0 Å². The summed E-state index contributed by atoms with van der Waals surface area (Å²) in [6, 6.07) is 0. The van der Waals surface area contributed by atoms with Gasteiger partial charge in [0, 0.05) is 6.42 Å². The third-order valence-corrected chi connectivity index (χ3v) is 1.84. The van der Waals surface area contributed by atoms with Crippen LogP contribution in [0.5, 0.6) is 0 Å². The van der Waals surface area contributed by atoms with E-state index < -0.39 is 0 Å². The fourth-order valence-corrected chi connectivity index (χ4v) is 1.16. The molecule has 0 aliphatic carbocycles. The maximum atomic E-state index is 5.55. The minimum Gasteiger partial charge on any atom is -0.386 e. The molecule has 2 rings (SSSR count). The zero-order valence-corrected chi connectivity index (χ0v) is 7.41. The first-order valence-electron chi connectivity index (χ1n) is 4.22. The van der Waals surface area contributed by atoms with Gasteiger partial charge in [0.05, 0.1) is 12.7 Å². The lowest BCUT2D eigenvalue weighted by Crippen LogP contribution is -2.26. The number of nitrogens with two attached hydrogens (primary N) is 1. The van der Waals surface area contributed by atoms with Crippen LogP contribution < -0.4 is 11.1 Å². The van der Waals surface area contributed by atoms with E-state index in [-0.39, 0.29) is 0 Å². The lowest BCUT2D eigenvalue weighted by Gasteiger charge is -2.13. The number of amidine groups is 1. The largest absolute Gasteiger partial charge is 0.386 e. The second-order valence-electron chi connectivity index (χ2n) is 2.83. The molecule has 0 atom stereocenters. The number of anilines is 1. The third-order valence-electron chi connectivity index (χ3n) is 1.84. The molecule has 5 nitrogen and oxygen atoms in total. The molecule has 0 bridgehead atoms. The molecule has 0 amide bonds. The number of aromatic nitrogens is 2. The van der Waals surface area contributed by atoms with Crippen LogP contribution in [0, 0.1) is 0 Å². The van der Waals surface area contributed by atoms with Crippen molar-refractivity contribution in [3.63, 3.8) is 0 Å². The Bertz CT molecular complexity index is 358. The van der Waals surface area contributed by atoms with Crippen LogP contribution in [0.15, 0.2) is 11.2 Å². The number of nitrogens with zero attached hydrogens (tertiary/aromatic N) is 3. The van der Waals surface area contributed by atoms with Crippen molar-refractivity contribution < 1.29 is 0 Å². The average Bonchev–Trinajstić information content (AvgIpc) is 2.17. The summed E-state index contributed by atoms with van der Waals surface area (Å²) in [4.78, 5) is 12.5. The average molecular weight is 177 g/mol. The van der Waals surface area contributed by atoms with Crippen molar-refractivity contribution in [1.29, 1.82) is 0 Å². The molecule has 1 aliphatic rings. The van der Waals surface area contributed by atoms with Crippen molar-refractivity contribution in [2.45, 2.75) is 13.3 Å². The maximum absolute atomic E-state index is 5.55. The van der Waals surface area contributed by atoms with Gasteiger partial charge in [-0.15, -0.1) is 0 Å². The molecule has 13 heavy (non-hydrogen) atoms. The van der Waals surface area contributed by atoms with E-state index in [0.29, 0.717) is 12.4 Å². The van der Waals surface area contributed by atoms with Crippen molar-refractivity contribution in [1.82, 2.24) is 9.97 Å². The Morgan fingerprint density at radius 1 is 1.62 bits per heavy atom. The number of hydrogen-bond acceptors (Lipinski definition) is 5. The van der Waals surface area contributed by atoms with Gasteiger partial charge < -0.3 is 11.1 Å². The number of fused-ring (bicyclic) bond motifs is 1. The first-order valence-corrected chi connectivity index (χ1v) is 4.22. The van der Waals surface area contributed by atoms with Crippen molar-refractivity contribution >= 4 is 17.3 Å². The van der Waals surface area contributed by atoms with E-state index in [4.69, 9.17) is 5.73 Å². The normalized spacial score (nSPS) is 14.4. The number of nitrogens with one attached hydrogen (secondary N) is 1. The molecule has 1 aromatic heterocycles. The van der Waals surface area contributed by atoms with Gasteiger partial charge in [-0.05, 0) is 0 Å². The first-order chi connectivity index (χ1) is 6.29. The van der Waals surface area contributed by atoms with E-state index in [1.54, 1.807) is 6.20 Å². The van der Waals surface area contributed by atoms with Crippen LogP contribution in [0.2, 0.25) is 0 Å². The zero-order valence-electron chi connectivity index (χ0n) is 7.41. The number of rotatable bonds is 1. The summed E-state index contributed by atoms with van der Waals surface area (Å²) in [6.45, 7) is 2.58. The molecule has 5 heteroatoms. The smallest absolute Gasteiger partial charge is 0.156 e. The minimum absolute atomic E-state index is 0.563. The quantitative estimate of drug-likeness (QED) is 0.653. The molecule has 0 radical (unpaired) electrons. The van der Waals surface area contributed by atoms with Crippen LogP contribution in [0.4, 0.5) is 11.5 Å². The standard InChI is InChI=1S/C8H11N5/c1-2-7-10-3-5-8(13-7)11-4-6(9)12-5/h3H,2,4H2,1H3,(H2,9,12)(H,10,11,13). The molecule has 1 aromatic rings. The summed E-state index contributed by atoms with van der Waals surface area (Å²) in [6.07, 6.45) is 2.52. The first kappa shape index (κ1) is 7.97. The van der Waals surface area contributed by atoms with Crippen LogP contribution in [0.25, 0.3) is 0 Å². The second kappa shape index (κ2) is 3.01. The topological polar surface area (TPSA) is 76.2 Å². The summed E-state index contributed by atoms with van der Waals surface area (Å²) in [5, 5.41) is 3.08. The Hall–Kier alpha value is -1.65. The lowest BCUT2D eigenvalue weighted by atomic mass is 10.3. The Kier molecular flexibility index (Phi) is 1.84. The van der Waals surface area contributed by atoms with Gasteiger partial charge in [0.15, 0.2) is 5.82 Å². The molecular weight excluding hydrogens is 166 g/mol. The molecule has 0 aromatic carbocycles. The number of hydrogen-bond donors (Lipinski definition) is 2. The van der Waals surface area contributed by atoms with Crippen LogP contribution in [-0.4, -0.2) is 22.3 Å². The van der Waals surface area contributed by atoms with Crippen LogP contribution in [0.1, 0.15) is 12.7 Å². The predicted molar refractivity (Wildman–Crippen MR) is 51.2 cm³/mol. The van der Waals surface area contributed by atoms with Crippen molar-refractivity contribution in [3.05, 3.63) is 12.0 Å². The monoisotopic (exact) mass is 177 g/mol. The predicted octanol–water partition coefficient (Wildman–Crippen LogP) is 0.453. The highest BCUT2D eigenvalue weighted by Gasteiger charge is 2.10. The van der Waals surface area contributed by atoms with Crippen LogP contribution in [0.3, 0.4) is 0 Å². The molecule has 0 fully saturated rings. The van der Waals surface area contributed by atoms with Gasteiger partial charge in [-0.25, -0.2) is 15.0 Å². The van der Waals surface area contributed by atoms with E-state index in [9.17, 15) is 0 Å². The number of aryl methyl sites for hydroxylation is 1. The van der Waals surface area contributed by atoms with Gasteiger partial charge >= 0.3 is 0 Å². The van der Waals surface area contributed by atoms with Crippen molar-refractivity contribution in [3.8, 4) is 0 Å². The fraction of sp³-hybridized carbons (Fsp3) is 0.375. The molecule has 2 heterocycles. The summed E-state index contributed by atoms with van der Waals surface area (Å²) >= 11 is 0. The molecule has 68 valence electrons. The maximum Gasteiger partial charge on any atom is 0.156 e. The summed E-state index contributed by atoms with van der Waals surface area (Å²) in [7, 11) is 0. The molecule has 0 spiro atoms. The van der Waals surface area contributed by atoms with E-state index in [2.05, 4.69) is 20.3 Å². The highest BCUT2D eigenvalue weighted by atomic mass is 15.1. The third kappa shape index (κ3) is 1.44.